The average molecular weight is 839 g/mol. The molecule has 314 valence electrons. The Kier molecular flexibility index (Phi) is 18.9. The fourth-order valence-corrected chi connectivity index (χ4v) is 7.79. The van der Waals surface area contributed by atoms with Crippen molar-refractivity contribution in [2.75, 3.05) is 122 Å². The topological polar surface area (TPSA) is 111 Å². The predicted octanol–water partition coefficient (Wildman–Crippen LogP) is 8.63. The van der Waals surface area contributed by atoms with Gasteiger partial charge >= 0.3 is 0 Å². The maximum Gasteiger partial charge on any atom is 0.128 e. The molecule has 0 bridgehead atoms. The first-order valence-electron chi connectivity index (χ1n) is 18.9. The Balaban J connectivity index is 1.56. The minimum atomic E-state index is 0.358. The van der Waals surface area contributed by atoms with Gasteiger partial charge < -0.3 is 56.8 Å². The lowest BCUT2D eigenvalue weighted by Gasteiger charge is -2.17. The number of benzene rings is 3. The molecule has 0 N–H and O–H groups in total. The van der Waals surface area contributed by atoms with Crippen LogP contribution in [0.25, 0.3) is 41.8 Å². The summed E-state index contributed by atoms with van der Waals surface area (Å²) in [5, 5.41) is 0. The van der Waals surface area contributed by atoms with Crippen LogP contribution >= 0.6 is 22.7 Å². The van der Waals surface area contributed by atoms with Crippen LogP contribution in [0.4, 0.5) is 0 Å². The van der Waals surface area contributed by atoms with Gasteiger partial charge in [-0.25, -0.2) is 0 Å². The predicted molar refractivity (Wildman–Crippen MR) is 228 cm³/mol. The van der Waals surface area contributed by atoms with Crippen molar-refractivity contribution in [2.45, 2.75) is 0 Å². The fraction of sp³-hybridized carbons (Fsp3) is 0.409. The van der Waals surface area contributed by atoms with E-state index < -0.39 is 0 Å². The second-order valence-electron chi connectivity index (χ2n) is 12.5. The standard InChI is InChI=1S/C44H54O12S2/c1-45-15-21-51-31-7-9-37(53-23-17-47-3)33(27-31)41-11-13-43(57-41)35-29-40(56-26-20-50-6)36(30-39(35)55-25-19-49-5)44-14-12-42(58-44)34-28-32(52-22-16-46-2)8-10-38(34)54-24-18-48-4/h7-14,27-30H,15-26H2,1-6H3. The molecule has 0 radical (unpaired) electrons. The Hall–Kier alpha value is -4.38. The summed E-state index contributed by atoms with van der Waals surface area (Å²) in [6.07, 6.45) is 0. The molecule has 5 rings (SSSR count). The van der Waals surface area contributed by atoms with Gasteiger partial charge in [0.05, 0.1) is 39.6 Å². The SMILES string of the molecule is COCCOc1ccc(OCCOC)c(-c2ccc(-c3cc(OCCOC)c(-c4ccc(-c5cc(OCCOC)ccc5OCCOC)s4)cc3OCCOC)s2)c1. The van der Waals surface area contributed by atoms with Gasteiger partial charge in [-0.2, -0.15) is 0 Å². The van der Waals surface area contributed by atoms with E-state index in [1.165, 1.54) is 0 Å². The van der Waals surface area contributed by atoms with Gasteiger partial charge in [0.25, 0.3) is 0 Å². The quantitative estimate of drug-likeness (QED) is 0.0450. The highest BCUT2D eigenvalue weighted by Crippen LogP contribution is 2.48. The molecule has 0 saturated heterocycles. The van der Waals surface area contributed by atoms with Gasteiger partial charge in [0, 0.05) is 84.4 Å². The zero-order valence-electron chi connectivity index (χ0n) is 34.1. The van der Waals surface area contributed by atoms with E-state index in [2.05, 4.69) is 24.3 Å². The minimum absolute atomic E-state index is 0.358. The minimum Gasteiger partial charge on any atom is -0.491 e. The van der Waals surface area contributed by atoms with Crippen molar-refractivity contribution in [3.63, 3.8) is 0 Å². The molecule has 0 spiro atoms. The summed E-state index contributed by atoms with van der Waals surface area (Å²) in [6, 6.07) is 24.1. The number of hydrogen-bond acceptors (Lipinski definition) is 14. The second-order valence-corrected chi connectivity index (χ2v) is 14.7. The third-order valence-corrected chi connectivity index (χ3v) is 10.9. The highest BCUT2D eigenvalue weighted by molar-refractivity contribution is 7.19. The van der Waals surface area contributed by atoms with Crippen molar-refractivity contribution in [1.82, 2.24) is 0 Å². The Labute approximate surface area is 349 Å². The van der Waals surface area contributed by atoms with E-state index >= 15 is 0 Å². The molecular weight excluding hydrogens is 785 g/mol. The smallest absolute Gasteiger partial charge is 0.128 e. The van der Waals surface area contributed by atoms with Gasteiger partial charge in [0.2, 0.25) is 0 Å². The summed E-state index contributed by atoms with van der Waals surface area (Å²) in [6.45, 7) is 5.14. The lowest BCUT2D eigenvalue weighted by Crippen LogP contribution is -2.07. The highest BCUT2D eigenvalue weighted by atomic mass is 32.1. The van der Waals surface area contributed by atoms with E-state index in [1.807, 2.05) is 48.5 Å². The van der Waals surface area contributed by atoms with E-state index in [0.29, 0.717) is 90.8 Å². The summed E-state index contributed by atoms with van der Waals surface area (Å²) >= 11 is 3.24. The molecule has 0 aliphatic heterocycles. The van der Waals surface area contributed by atoms with Crippen LogP contribution in [0, 0.1) is 0 Å². The molecule has 14 heteroatoms. The van der Waals surface area contributed by atoms with Crippen molar-refractivity contribution in [3.05, 3.63) is 72.8 Å². The number of hydrogen-bond donors (Lipinski definition) is 0. The molecule has 0 amide bonds. The maximum atomic E-state index is 6.46. The van der Waals surface area contributed by atoms with E-state index in [1.54, 1.807) is 65.3 Å². The summed E-state index contributed by atoms with van der Waals surface area (Å²) in [5.74, 6) is 4.29. The monoisotopic (exact) mass is 838 g/mol. The van der Waals surface area contributed by atoms with Crippen molar-refractivity contribution >= 4 is 22.7 Å². The van der Waals surface area contributed by atoms with Crippen LogP contribution in [0.2, 0.25) is 0 Å². The van der Waals surface area contributed by atoms with E-state index in [-0.39, 0.29) is 0 Å². The van der Waals surface area contributed by atoms with Crippen LogP contribution in [-0.2, 0) is 28.4 Å². The summed E-state index contributed by atoms with van der Waals surface area (Å²) < 4.78 is 68.8. The Morgan fingerprint density at radius 2 is 0.569 bits per heavy atom. The van der Waals surface area contributed by atoms with Crippen LogP contribution < -0.4 is 28.4 Å². The lowest BCUT2D eigenvalue weighted by molar-refractivity contribution is 0.144. The second kappa shape index (κ2) is 24.5. The number of rotatable bonds is 28. The highest BCUT2D eigenvalue weighted by Gasteiger charge is 2.21. The van der Waals surface area contributed by atoms with Crippen LogP contribution in [0.3, 0.4) is 0 Å². The van der Waals surface area contributed by atoms with E-state index in [4.69, 9.17) is 56.8 Å². The molecule has 0 atom stereocenters. The van der Waals surface area contributed by atoms with Gasteiger partial charge in [-0.15, -0.1) is 22.7 Å². The van der Waals surface area contributed by atoms with Gasteiger partial charge in [0.15, 0.2) is 0 Å². The first kappa shape index (κ1) is 44.7. The number of thiophene rings is 2. The van der Waals surface area contributed by atoms with Gasteiger partial charge in [-0.3, -0.25) is 0 Å². The maximum absolute atomic E-state index is 6.46. The lowest BCUT2D eigenvalue weighted by atomic mass is 10.1. The molecule has 3 aromatic carbocycles. The Bertz CT molecular complexity index is 1820. The van der Waals surface area contributed by atoms with Crippen LogP contribution in [0.15, 0.2) is 72.8 Å². The van der Waals surface area contributed by atoms with Crippen molar-refractivity contribution in [1.29, 1.82) is 0 Å². The summed E-state index contributed by atoms with van der Waals surface area (Å²) in [7, 11) is 9.93. The van der Waals surface area contributed by atoms with Gasteiger partial charge in [0.1, 0.15) is 74.1 Å². The molecule has 0 unspecified atom stereocenters. The first-order chi connectivity index (χ1) is 28.5. The Morgan fingerprint density at radius 3 is 0.879 bits per heavy atom. The largest absolute Gasteiger partial charge is 0.491 e. The zero-order valence-corrected chi connectivity index (χ0v) is 35.8. The third kappa shape index (κ3) is 12.8. The van der Waals surface area contributed by atoms with Gasteiger partial charge in [-0.05, 0) is 72.8 Å². The van der Waals surface area contributed by atoms with Crippen LogP contribution in [0.5, 0.6) is 34.5 Å². The molecule has 5 aromatic rings. The number of ether oxygens (including phenoxy) is 12. The first-order valence-corrected chi connectivity index (χ1v) is 20.5. The molecule has 2 heterocycles. The Morgan fingerprint density at radius 1 is 0.293 bits per heavy atom. The van der Waals surface area contributed by atoms with Crippen molar-refractivity contribution < 1.29 is 56.8 Å². The summed E-state index contributed by atoms with van der Waals surface area (Å²) in [5.41, 5.74) is 3.57. The molecule has 58 heavy (non-hydrogen) atoms. The molecule has 0 fully saturated rings. The van der Waals surface area contributed by atoms with Crippen molar-refractivity contribution in [2.24, 2.45) is 0 Å². The molecule has 2 aromatic heterocycles. The molecule has 0 saturated carbocycles. The van der Waals surface area contributed by atoms with Gasteiger partial charge in [-0.1, -0.05) is 0 Å². The fourth-order valence-electron chi connectivity index (χ4n) is 5.70. The molecule has 0 aliphatic rings. The molecule has 0 aliphatic carbocycles. The van der Waals surface area contributed by atoms with E-state index in [0.717, 1.165) is 64.8 Å². The summed E-state index contributed by atoms with van der Waals surface area (Å²) in [4.78, 5) is 3.95. The third-order valence-electron chi connectivity index (χ3n) is 8.55. The molecular formula is C44H54O12S2. The molecule has 12 nitrogen and oxygen atoms in total. The van der Waals surface area contributed by atoms with Crippen molar-refractivity contribution in [3.8, 4) is 76.3 Å². The zero-order chi connectivity index (χ0) is 41.0. The van der Waals surface area contributed by atoms with Crippen LogP contribution in [-0.4, -0.2) is 122 Å². The van der Waals surface area contributed by atoms with E-state index in [9.17, 15) is 0 Å². The van der Waals surface area contributed by atoms with Crippen LogP contribution in [0.1, 0.15) is 0 Å². The number of methoxy groups -OCH3 is 6. The average Bonchev–Trinajstić information content (AvgIpc) is 3.94. The normalized spacial score (nSPS) is 11.1.